The Labute approximate surface area is 166 Å². The van der Waals surface area contributed by atoms with Gasteiger partial charge in [-0.3, -0.25) is 0 Å². The number of carbonyl (C=O) groups excluding carboxylic acids is 1. The van der Waals surface area contributed by atoms with Gasteiger partial charge in [-0.1, -0.05) is 29.8 Å². The molecule has 1 N–H and O–H groups in total. The molecule has 0 spiro atoms. The summed E-state index contributed by atoms with van der Waals surface area (Å²) in [5, 5.41) is 11.9. The zero-order valence-electron chi connectivity index (χ0n) is 15.0. The van der Waals surface area contributed by atoms with Crippen LogP contribution in [-0.4, -0.2) is 25.0 Å². The molecule has 4 rings (SSSR count). The van der Waals surface area contributed by atoms with Crippen LogP contribution in [0.2, 0.25) is 5.02 Å². The molecule has 7 heteroatoms. The zero-order valence-corrected chi connectivity index (χ0v) is 15.7. The molecule has 1 unspecified atom stereocenters. The Hall–Kier alpha value is -2.96. The predicted octanol–water partition coefficient (Wildman–Crippen LogP) is 3.44. The van der Waals surface area contributed by atoms with Crippen LogP contribution in [0.15, 0.2) is 71.7 Å². The molecule has 0 saturated heterocycles. The molecule has 6 nitrogen and oxygen atoms in total. The summed E-state index contributed by atoms with van der Waals surface area (Å²) >= 11 is 6.31. The maximum atomic E-state index is 12.7. The van der Waals surface area contributed by atoms with Crippen molar-refractivity contribution in [3.8, 4) is 5.75 Å². The minimum absolute atomic E-state index is 0.00749. The van der Waals surface area contributed by atoms with Gasteiger partial charge in [-0.25, -0.2) is 4.79 Å². The first kappa shape index (κ1) is 18.4. The summed E-state index contributed by atoms with van der Waals surface area (Å²) < 4.78 is 21.1. The number of halogens is 1. The number of cyclic esters (lactones) is 1. The third-order valence-electron chi connectivity index (χ3n) is 4.68. The van der Waals surface area contributed by atoms with Gasteiger partial charge in [0.05, 0.1) is 7.11 Å². The fourth-order valence-corrected chi connectivity index (χ4v) is 3.45. The first-order valence-corrected chi connectivity index (χ1v) is 8.93. The van der Waals surface area contributed by atoms with Crippen LogP contribution < -0.4 is 4.74 Å². The fourth-order valence-electron chi connectivity index (χ4n) is 3.25. The number of aliphatic hydroxyl groups is 1. The van der Waals surface area contributed by atoms with Crippen LogP contribution in [0.3, 0.4) is 0 Å². The lowest BCUT2D eigenvalue weighted by Gasteiger charge is -2.26. The lowest BCUT2D eigenvalue weighted by atomic mass is 9.89. The Morgan fingerprint density at radius 2 is 1.93 bits per heavy atom. The van der Waals surface area contributed by atoms with Crippen LogP contribution in [0.4, 0.5) is 0 Å². The van der Waals surface area contributed by atoms with Gasteiger partial charge in [-0.15, -0.1) is 0 Å². The van der Waals surface area contributed by atoms with Crippen molar-refractivity contribution in [2.24, 2.45) is 0 Å². The molecule has 0 radical (unpaired) electrons. The van der Waals surface area contributed by atoms with E-state index in [4.69, 9.17) is 30.5 Å². The third kappa shape index (κ3) is 3.10. The number of esters is 1. The van der Waals surface area contributed by atoms with Crippen LogP contribution in [0.5, 0.6) is 5.75 Å². The Kier molecular flexibility index (Phi) is 4.75. The SMILES string of the molecule is COc1ccc(C2(O)OC(=O)C(C3=COCO3)=C2Cc2ccccc2Cl)cc1. The van der Waals surface area contributed by atoms with Gasteiger partial charge in [0.1, 0.15) is 17.6 Å². The second-order valence-corrected chi connectivity index (χ2v) is 6.70. The molecule has 28 heavy (non-hydrogen) atoms. The topological polar surface area (TPSA) is 74.2 Å². The van der Waals surface area contributed by atoms with Crippen molar-refractivity contribution in [2.45, 2.75) is 12.2 Å². The number of ether oxygens (including phenoxy) is 4. The van der Waals surface area contributed by atoms with Crippen molar-refractivity contribution in [3.63, 3.8) is 0 Å². The van der Waals surface area contributed by atoms with Gasteiger partial charge in [0.2, 0.25) is 6.79 Å². The van der Waals surface area contributed by atoms with Gasteiger partial charge in [0.25, 0.3) is 5.79 Å². The van der Waals surface area contributed by atoms with Crippen LogP contribution in [0, 0.1) is 0 Å². The first-order chi connectivity index (χ1) is 13.5. The molecule has 0 saturated carbocycles. The summed E-state index contributed by atoms with van der Waals surface area (Å²) in [5.74, 6) is -1.83. The lowest BCUT2D eigenvalue weighted by Crippen LogP contribution is -2.29. The van der Waals surface area contributed by atoms with Crippen LogP contribution in [-0.2, 0) is 31.2 Å². The summed E-state index contributed by atoms with van der Waals surface area (Å²) in [6.45, 7) is -0.00749. The van der Waals surface area contributed by atoms with Crippen molar-refractivity contribution in [3.05, 3.63) is 87.8 Å². The van der Waals surface area contributed by atoms with E-state index in [1.165, 1.54) is 6.26 Å². The molecule has 0 amide bonds. The molecule has 144 valence electrons. The van der Waals surface area contributed by atoms with Gasteiger partial charge >= 0.3 is 5.97 Å². The van der Waals surface area contributed by atoms with Gasteiger partial charge in [-0.05, 0) is 35.9 Å². The molecular formula is C21H17ClO6. The Morgan fingerprint density at radius 3 is 2.57 bits per heavy atom. The molecule has 0 fully saturated rings. The molecular weight excluding hydrogens is 384 g/mol. The number of hydrogen-bond acceptors (Lipinski definition) is 6. The smallest absolute Gasteiger partial charge is 0.345 e. The summed E-state index contributed by atoms with van der Waals surface area (Å²) in [7, 11) is 1.55. The molecule has 1 atom stereocenters. The highest BCUT2D eigenvalue weighted by atomic mass is 35.5. The van der Waals surface area contributed by atoms with Gasteiger partial charge in [-0.2, -0.15) is 0 Å². The second-order valence-electron chi connectivity index (χ2n) is 6.29. The number of methoxy groups -OCH3 is 1. The van der Waals surface area contributed by atoms with Crippen molar-refractivity contribution >= 4 is 17.6 Å². The number of rotatable bonds is 5. The van der Waals surface area contributed by atoms with Crippen molar-refractivity contribution < 1.29 is 28.8 Å². The maximum Gasteiger partial charge on any atom is 0.345 e. The van der Waals surface area contributed by atoms with E-state index in [-0.39, 0.29) is 24.5 Å². The highest BCUT2D eigenvalue weighted by Crippen LogP contribution is 2.44. The van der Waals surface area contributed by atoms with E-state index in [1.807, 2.05) is 18.2 Å². The molecule has 2 heterocycles. The summed E-state index contributed by atoms with van der Waals surface area (Å²) in [4.78, 5) is 12.7. The minimum atomic E-state index is -1.97. The van der Waals surface area contributed by atoms with Crippen molar-refractivity contribution in [1.82, 2.24) is 0 Å². The van der Waals surface area contributed by atoms with E-state index >= 15 is 0 Å². The zero-order chi connectivity index (χ0) is 19.7. The van der Waals surface area contributed by atoms with Crippen LogP contribution >= 0.6 is 11.6 Å². The van der Waals surface area contributed by atoms with Crippen LogP contribution in [0.25, 0.3) is 0 Å². The number of carbonyl (C=O) groups is 1. The van der Waals surface area contributed by atoms with Gasteiger partial charge in [0.15, 0.2) is 5.76 Å². The van der Waals surface area contributed by atoms with E-state index in [0.29, 0.717) is 21.9 Å². The molecule has 2 aliphatic rings. The molecule has 2 aromatic carbocycles. The second kappa shape index (κ2) is 7.22. The predicted molar refractivity (Wildman–Crippen MR) is 100 cm³/mol. The highest BCUT2D eigenvalue weighted by Gasteiger charge is 2.49. The lowest BCUT2D eigenvalue weighted by molar-refractivity contribution is -0.186. The number of benzene rings is 2. The van der Waals surface area contributed by atoms with Crippen LogP contribution in [0.1, 0.15) is 11.1 Å². The molecule has 2 aromatic rings. The first-order valence-electron chi connectivity index (χ1n) is 8.55. The van der Waals surface area contributed by atoms with Gasteiger partial charge in [0, 0.05) is 22.6 Å². The standard InChI is InChI=1S/C21H17ClO6/c1-25-15-8-6-14(7-9-15)21(24)16(10-13-4-2-3-5-17(13)22)19(20(23)28-21)18-11-26-12-27-18/h2-9,11,24H,10,12H2,1H3. The Bertz CT molecular complexity index is 979. The molecule has 0 aliphatic carbocycles. The third-order valence-corrected chi connectivity index (χ3v) is 5.05. The van der Waals surface area contributed by atoms with Gasteiger partial charge < -0.3 is 24.1 Å². The summed E-state index contributed by atoms with van der Waals surface area (Å²) in [6, 6.07) is 13.9. The average molecular weight is 401 g/mol. The monoisotopic (exact) mass is 400 g/mol. The fraction of sp³-hybridized carbons (Fsp3) is 0.190. The van der Waals surface area contributed by atoms with E-state index in [1.54, 1.807) is 37.4 Å². The normalized spacial score (nSPS) is 21.1. The highest BCUT2D eigenvalue weighted by molar-refractivity contribution is 6.31. The van der Waals surface area contributed by atoms with Crippen molar-refractivity contribution in [2.75, 3.05) is 13.9 Å². The minimum Gasteiger partial charge on any atom is -0.497 e. The Balaban J connectivity index is 1.85. The average Bonchev–Trinajstić information content (AvgIpc) is 3.30. The largest absolute Gasteiger partial charge is 0.497 e. The maximum absolute atomic E-state index is 12.7. The molecule has 2 aliphatic heterocycles. The quantitative estimate of drug-likeness (QED) is 0.775. The Morgan fingerprint density at radius 1 is 1.18 bits per heavy atom. The number of hydrogen-bond donors (Lipinski definition) is 1. The van der Waals surface area contributed by atoms with Crippen molar-refractivity contribution in [1.29, 1.82) is 0 Å². The summed E-state index contributed by atoms with van der Waals surface area (Å²) in [5.41, 5.74) is 1.59. The molecule has 0 aromatic heterocycles. The molecule has 0 bridgehead atoms. The van der Waals surface area contributed by atoms with E-state index in [2.05, 4.69) is 0 Å². The van der Waals surface area contributed by atoms with E-state index in [9.17, 15) is 9.90 Å². The van der Waals surface area contributed by atoms with E-state index < -0.39 is 11.8 Å². The summed E-state index contributed by atoms with van der Waals surface area (Å²) in [6.07, 6.45) is 1.52. The van der Waals surface area contributed by atoms with E-state index in [0.717, 1.165) is 5.56 Å².